The lowest BCUT2D eigenvalue weighted by atomic mass is 10.2. The Bertz CT molecular complexity index is 748. The van der Waals surface area contributed by atoms with Crippen molar-refractivity contribution in [3.05, 3.63) is 53.2 Å². The standard InChI is InChI=1S/C15H18FN5O2/c1-3-8-17-14(22)18-9-10-21-15(23)20(2)13(19-21)11-4-6-12(16)7-5-11/h3-7H,1,8-10H2,2H3,(H2,17,18,22). The number of aromatic nitrogens is 3. The van der Waals surface area contributed by atoms with Gasteiger partial charge in [-0.05, 0) is 24.3 Å². The summed E-state index contributed by atoms with van der Waals surface area (Å²) in [5.74, 6) is 0.0824. The molecule has 2 aromatic rings. The van der Waals surface area contributed by atoms with Gasteiger partial charge >= 0.3 is 11.7 Å². The van der Waals surface area contributed by atoms with E-state index in [4.69, 9.17) is 0 Å². The predicted molar refractivity (Wildman–Crippen MR) is 84.5 cm³/mol. The van der Waals surface area contributed by atoms with Gasteiger partial charge in [-0.2, -0.15) is 0 Å². The number of nitrogens with one attached hydrogen (secondary N) is 2. The van der Waals surface area contributed by atoms with E-state index in [1.165, 1.54) is 21.4 Å². The fourth-order valence-electron chi connectivity index (χ4n) is 1.99. The third kappa shape index (κ3) is 4.06. The van der Waals surface area contributed by atoms with Gasteiger partial charge in [0.1, 0.15) is 5.82 Å². The van der Waals surface area contributed by atoms with Gasteiger partial charge in [-0.15, -0.1) is 11.7 Å². The molecule has 1 aromatic heterocycles. The zero-order valence-corrected chi connectivity index (χ0v) is 12.8. The molecule has 2 amide bonds. The Hall–Kier alpha value is -2.90. The summed E-state index contributed by atoms with van der Waals surface area (Å²) in [5, 5.41) is 9.40. The van der Waals surface area contributed by atoms with Crippen molar-refractivity contribution in [2.24, 2.45) is 7.05 Å². The summed E-state index contributed by atoms with van der Waals surface area (Å²) >= 11 is 0. The molecule has 0 saturated carbocycles. The van der Waals surface area contributed by atoms with E-state index in [9.17, 15) is 14.0 Å². The molecule has 8 heteroatoms. The minimum absolute atomic E-state index is 0.232. The van der Waals surface area contributed by atoms with Crippen molar-refractivity contribution in [1.29, 1.82) is 0 Å². The van der Waals surface area contributed by atoms with Crippen molar-refractivity contribution >= 4 is 6.03 Å². The SMILES string of the molecule is C=CCNC(=O)NCCn1nc(-c2ccc(F)cc2)n(C)c1=O. The topological polar surface area (TPSA) is 81.0 Å². The van der Waals surface area contributed by atoms with Crippen molar-refractivity contribution in [1.82, 2.24) is 25.0 Å². The number of hydrogen-bond acceptors (Lipinski definition) is 3. The molecule has 0 fully saturated rings. The van der Waals surface area contributed by atoms with Gasteiger partial charge in [0, 0.05) is 25.7 Å². The first-order valence-electron chi connectivity index (χ1n) is 7.05. The van der Waals surface area contributed by atoms with Crippen molar-refractivity contribution in [3.8, 4) is 11.4 Å². The number of nitrogens with zero attached hydrogens (tertiary/aromatic N) is 3. The monoisotopic (exact) mass is 319 g/mol. The Labute approximate surface area is 132 Å². The number of amides is 2. The summed E-state index contributed by atoms with van der Waals surface area (Å²) in [6.07, 6.45) is 1.57. The van der Waals surface area contributed by atoms with Crippen LogP contribution in [0.25, 0.3) is 11.4 Å². The van der Waals surface area contributed by atoms with Crippen LogP contribution in [0.1, 0.15) is 0 Å². The largest absolute Gasteiger partial charge is 0.345 e. The molecule has 1 aromatic carbocycles. The molecule has 0 unspecified atom stereocenters. The van der Waals surface area contributed by atoms with Crippen molar-refractivity contribution < 1.29 is 9.18 Å². The average molecular weight is 319 g/mol. The summed E-state index contributed by atoms with van der Waals surface area (Å²) in [7, 11) is 1.59. The quantitative estimate of drug-likeness (QED) is 0.775. The van der Waals surface area contributed by atoms with Crippen LogP contribution in [-0.2, 0) is 13.6 Å². The third-order valence-corrected chi connectivity index (χ3v) is 3.16. The van der Waals surface area contributed by atoms with Crippen LogP contribution in [0.4, 0.5) is 9.18 Å². The van der Waals surface area contributed by atoms with Crippen LogP contribution in [0, 0.1) is 5.82 Å². The van der Waals surface area contributed by atoms with E-state index in [1.807, 2.05) is 0 Å². The first kappa shape index (κ1) is 16.5. The highest BCUT2D eigenvalue weighted by molar-refractivity contribution is 5.73. The third-order valence-electron chi connectivity index (χ3n) is 3.16. The minimum atomic E-state index is -0.354. The Morgan fingerprint density at radius 2 is 2.04 bits per heavy atom. The summed E-state index contributed by atoms with van der Waals surface area (Å²) in [4.78, 5) is 23.5. The van der Waals surface area contributed by atoms with E-state index >= 15 is 0 Å². The van der Waals surface area contributed by atoms with Crippen LogP contribution < -0.4 is 16.3 Å². The van der Waals surface area contributed by atoms with Gasteiger partial charge in [-0.3, -0.25) is 4.57 Å². The molecule has 0 aliphatic heterocycles. The molecule has 0 atom stereocenters. The minimum Gasteiger partial charge on any atom is -0.336 e. The van der Waals surface area contributed by atoms with E-state index in [-0.39, 0.29) is 30.6 Å². The first-order valence-corrected chi connectivity index (χ1v) is 7.05. The highest BCUT2D eigenvalue weighted by Gasteiger charge is 2.12. The van der Waals surface area contributed by atoms with Gasteiger partial charge in [0.15, 0.2) is 5.82 Å². The molecular weight excluding hydrogens is 301 g/mol. The molecular formula is C15H18FN5O2. The number of urea groups is 1. The maximum atomic E-state index is 13.0. The zero-order chi connectivity index (χ0) is 16.8. The second-order valence-electron chi connectivity index (χ2n) is 4.82. The molecule has 0 radical (unpaired) electrons. The smallest absolute Gasteiger partial charge is 0.336 e. The van der Waals surface area contributed by atoms with E-state index in [1.54, 1.807) is 25.3 Å². The van der Waals surface area contributed by atoms with Crippen LogP contribution in [0.15, 0.2) is 41.7 Å². The molecule has 23 heavy (non-hydrogen) atoms. The van der Waals surface area contributed by atoms with Gasteiger partial charge in [-0.25, -0.2) is 18.7 Å². The fourth-order valence-corrected chi connectivity index (χ4v) is 1.99. The lowest BCUT2D eigenvalue weighted by Crippen LogP contribution is -2.38. The number of benzene rings is 1. The molecule has 2 rings (SSSR count). The van der Waals surface area contributed by atoms with E-state index in [2.05, 4.69) is 22.3 Å². The predicted octanol–water partition coefficient (Wildman–Crippen LogP) is 0.873. The van der Waals surface area contributed by atoms with Gasteiger partial charge in [-0.1, -0.05) is 6.08 Å². The van der Waals surface area contributed by atoms with Crippen molar-refractivity contribution in [2.45, 2.75) is 6.54 Å². The van der Waals surface area contributed by atoms with Crippen LogP contribution >= 0.6 is 0 Å². The molecule has 7 nitrogen and oxygen atoms in total. The first-order chi connectivity index (χ1) is 11.0. The molecule has 0 aliphatic carbocycles. The zero-order valence-electron chi connectivity index (χ0n) is 12.8. The van der Waals surface area contributed by atoms with E-state index in [0.29, 0.717) is 17.9 Å². The van der Waals surface area contributed by atoms with Crippen molar-refractivity contribution in [3.63, 3.8) is 0 Å². The summed E-state index contributed by atoms with van der Waals surface area (Å²) in [6, 6.07) is 5.40. The number of hydrogen-bond donors (Lipinski definition) is 2. The maximum Gasteiger partial charge on any atom is 0.345 e. The number of rotatable bonds is 6. The summed E-state index contributed by atoms with van der Waals surface area (Å²) < 4.78 is 15.6. The van der Waals surface area contributed by atoms with Gasteiger partial charge < -0.3 is 10.6 Å². The fraction of sp³-hybridized carbons (Fsp3) is 0.267. The lowest BCUT2D eigenvalue weighted by Gasteiger charge is -2.05. The second-order valence-corrected chi connectivity index (χ2v) is 4.82. The Balaban J connectivity index is 2.05. The molecule has 0 saturated heterocycles. The highest BCUT2D eigenvalue weighted by Crippen LogP contribution is 2.15. The lowest BCUT2D eigenvalue weighted by molar-refractivity contribution is 0.241. The second kappa shape index (κ2) is 7.39. The number of halogens is 1. The Morgan fingerprint density at radius 3 is 2.70 bits per heavy atom. The molecule has 0 bridgehead atoms. The van der Waals surface area contributed by atoms with Crippen LogP contribution in [0.2, 0.25) is 0 Å². The van der Waals surface area contributed by atoms with Crippen molar-refractivity contribution in [2.75, 3.05) is 13.1 Å². The molecule has 0 aliphatic rings. The molecule has 0 spiro atoms. The van der Waals surface area contributed by atoms with Gasteiger partial charge in [0.25, 0.3) is 0 Å². The van der Waals surface area contributed by atoms with E-state index in [0.717, 1.165) is 0 Å². The average Bonchev–Trinajstić information content (AvgIpc) is 2.82. The van der Waals surface area contributed by atoms with Gasteiger partial charge in [0.05, 0.1) is 6.54 Å². The van der Waals surface area contributed by atoms with Gasteiger partial charge in [0.2, 0.25) is 0 Å². The highest BCUT2D eigenvalue weighted by atomic mass is 19.1. The number of carbonyl (C=O) groups is 1. The van der Waals surface area contributed by atoms with Crippen LogP contribution in [0.3, 0.4) is 0 Å². The molecule has 2 N–H and O–H groups in total. The maximum absolute atomic E-state index is 13.0. The summed E-state index contributed by atoms with van der Waals surface area (Å²) in [5.41, 5.74) is 0.332. The Kier molecular flexibility index (Phi) is 5.29. The number of carbonyl (C=O) groups excluding carboxylic acids is 1. The Morgan fingerprint density at radius 1 is 1.35 bits per heavy atom. The van der Waals surface area contributed by atoms with Crippen LogP contribution in [0.5, 0.6) is 0 Å². The molecule has 1 heterocycles. The normalized spacial score (nSPS) is 10.3. The summed E-state index contributed by atoms with van der Waals surface area (Å²) in [6.45, 7) is 4.34. The molecule has 122 valence electrons. The van der Waals surface area contributed by atoms with E-state index < -0.39 is 0 Å². The van der Waals surface area contributed by atoms with Crippen LogP contribution in [-0.4, -0.2) is 33.5 Å².